The number of hydrogen-bond acceptors (Lipinski definition) is 6. The van der Waals surface area contributed by atoms with E-state index in [-0.39, 0.29) is 23.9 Å². The predicted molar refractivity (Wildman–Crippen MR) is 87.4 cm³/mol. The molecule has 3 aliphatic rings. The molecule has 0 aliphatic carbocycles. The van der Waals surface area contributed by atoms with E-state index >= 15 is 0 Å². The zero-order valence-electron chi connectivity index (χ0n) is 15.4. The fraction of sp³-hybridized carbons (Fsp3) is 0.833. The normalized spacial score (nSPS) is 36.7. The summed E-state index contributed by atoms with van der Waals surface area (Å²) in [6, 6.07) is 0. The molecule has 0 aromatic heterocycles. The van der Waals surface area contributed by atoms with Crippen molar-refractivity contribution in [1.29, 1.82) is 0 Å². The third-order valence-electron chi connectivity index (χ3n) is 5.23. The lowest BCUT2D eigenvalue weighted by Crippen LogP contribution is -2.51. The van der Waals surface area contributed by atoms with Crippen LogP contribution in [0.5, 0.6) is 0 Å². The lowest BCUT2D eigenvalue weighted by molar-refractivity contribution is -0.165. The minimum atomic E-state index is -0.642. The Hall–Kier alpha value is -1.47. The standard InChI is InChI=1S/C18H27NO6/c1-8(2)6-7-10(20)24-16-14-12-11(17(21)19(5)18(12)22)13(25-14)15(16)23-9(3)4/h8-9,11-16H,6-7H2,1-5H3. The minimum Gasteiger partial charge on any atom is -0.457 e. The first kappa shape index (κ1) is 18.3. The number of carbonyl (C=O) groups excluding carboxylic acids is 3. The van der Waals surface area contributed by atoms with Crippen molar-refractivity contribution >= 4 is 17.8 Å². The first-order valence-electron chi connectivity index (χ1n) is 9.04. The molecular formula is C18H27NO6. The van der Waals surface area contributed by atoms with Crippen LogP contribution in [0, 0.1) is 17.8 Å². The van der Waals surface area contributed by atoms with Gasteiger partial charge in [-0.3, -0.25) is 19.3 Å². The SMILES string of the molecule is CC(C)CCC(=O)OC1C(OC(C)C)C2OC1C1C(=O)N(C)C(=O)C21. The maximum Gasteiger partial charge on any atom is 0.306 e. The second kappa shape index (κ2) is 6.68. The first-order chi connectivity index (χ1) is 11.7. The van der Waals surface area contributed by atoms with Crippen molar-refractivity contribution < 1.29 is 28.6 Å². The van der Waals surface area contributed by atoms with Crippen LogP contribution in [0.2, 0.25) is 0 Å². The molecule has 0 spiro atoms. The maximum atomic E-state index is 12.4. The number of fused-ring (bicyclic) bond motifs is 5. The van der Waals surface area contributed by atoms with Crippen molar-refractivity contribution in [2.24, 2.45) is 17.8 Å². The van der Waals surface area contributed by atoms with E-state index in [1.807, 2.05) is 27.7 Å². The van der Waals surface area contributed by atoms with Crippen molar-refractivity contribution in [3.05, 3.63) is 0 Å². The van der Waals surface area contributed by atoms with E-state index in [1.165, 1.54) is 7.05 Å². The van der Waals surface area contributed by atoms with E-state index in [1.54, 1.807) is 0 Å². The molecule has 3 fully saturated rings. The molecule has 140 valence electrons. The number of imide groups is 1. The molecule has 2 amide bonds. The van der Waals surface area contributed by atoms with Crippen LogP contribution in [-0.4, -0.2) is 60.3 Å². The second-order valence-corrected chi connectivity index (χ2v) is 7.89. The van der Waals surface area contributed by atoms with Gasteiger partial charge in [0.15, 0.2) is 6.10 Å². The fourth-order valence-electron chi connectivity index (χ4n) is 4.06. The summed E-state index contributed by atoms with van der Waals surface area (Å²) < 4.78 is 17.5. The highest BCUT2D eigenvalue weighted by atomic mass is 16.6. The summed E-state index contributed by atoms with van der Waals surface area (Å²) in [4.78, 5) is 38.2. The molecule has 3 aliphatic heterocycles. The monoisotopic (exact) mass is 353 g/mol. The molecule has 0 aromatic rings. The number of amides is 2. The van der Waals surface area contributed by atoms with Gasteiger partial charge in [-0.25, -0.2) is 0 Å². The summed E-state index contributed by atoms with van der Waals surface area (Å²) in [7, 11) is 1.49. The van der Waals surface area contributed by atoms with Gasteiger partial charge < -0.3 is 14.2 Å². The molecule has 3 saturated heterocycles. The average molecular weight is 353 g/mol. The van der Waals surface area contributed by atoms with Crippen LogP contribution in [0.15, 0.2) is 0 Å². The molecule has 0 saturated carbocycles. The van der Waals surface area contributed by atoms with Gasteiger partial charge in [-0.15, -0.1) is 0 Å². The van der Waals surface area contributed by atoms with Crippen molar-refractivity contribution in [3.63, 3.8) is 0 Å². The molecule has 3 heterocycles. The van der Waals surface area contributed by atoms with Crippen LogP contribution in [0.4, 0.5) is 0 Å². The summed E-state index contributed by atoms with van der Waals surface area (Å²) in [5, 5.41) is 0. The van der Waals surface area contributed by atoms with Crippen LogP contribution < -0.4 is 0 Å². The minimum absolute atomic E-state index is 0.104. The van der Waals surface area contributed by atoms with Gasteiger partial charge in [-0.1, -0.05) is 13.8 Å². The average Bonchev–Trinajstić information content (AvgIpc) is 3.13. The molecule has 6 unspecified atom stereocenters. The van der Waals surface area contributed by atoms with Crippen LogP contribution >= 0.6 is 0 Å². The van der Waals surface area contributed by atoms with E-state index in [0.29, 0.717) is 12.3 Å². The van der Waals surface area contributed by atoms with E-state index in [0.717, 1.165) is 11.3 Å². The Morgan fingerprint density at radius 3 is 2.16 bits per heavy atom. The van der Waals surface area contributed by atoms with Crippen molar-refractivity contribution in [2.75, 3.05) is 7.05 Å². The number of esters is 1. The van der Waals surface area contributed by atoms with Gasteiger partial charge in [0.05, 0.1) is 17.9 Å². The third-order valence-corrected chi connectivity index (χ3v) is 5.23. The number of rotatable bonds is 6. The van der Waals surface area contributed by atoms with E-state index in [2.05, 4.69) is 0 Å². The molecule has 25 heavy (non-hydrogen) atoms. The highest BCUT2D eigenvalue weighted by molar-refractivity contribution is 6.06. The van der Waals surface area contributed by atoms with Crippen molar-refractivity contribution in [1.82, 2.24) is 4.90 Å². The first-order valence-corrected chi connectivity index (χ1v) is 9.04. The largest absolute Gasteiger partial charge is 0.457 e. The molecule has 3 rings (SSSR count). The lowest BCUT2D eigenvalue weighted by Gasteiger charge is -2.33. The predicted octanol–water partition coefficient (Wildman–Crippen LogP) is 1.14. The highest BCUT2D eigenvalue weighted by Gasteiger charge is 2.70. The Morgan fingerprint density at radius 1 is 1.08 bits per heavy atom. The van der Waals surface area contributed by atoms with Crippen LogP contribution in [0.25, 0.3) is 0 Å². The Balaban J connectivity index is 1.78. The second-order valence-electron chi connectivity index (χ2n) is 7.89. The fourth-order valence-corrected chi connectivity index (χ4v) is 4.06. The summed E-state index contributed by atoms with van der Waals surface area (Å²) in [6.07, 6.45) is -1.35. The van der Waals surface area contributed by atoms with Gasteiger partial charge in [0, 0.05) is 13.5 Å². The lowest BCUT2D eigenvalue weighted by atomic mass is 9.77. The molecular weight excluding hydrogens is 326 g/mol. The third kappa shape index (κ3) is 3.08. The summed E-state index contributed by atoms with van der Waals surface area (Å²) >= 11 is 0. The van der Waals surface area contributed by atoms with Crippen molar-refractivity contribution in [2.45, 2.75) is 71.1 Å². The Kier molecular flexibility index (Phi) is 4.90. The van der Waals surface area contributed by atoms with E-state index < -0.39 is 36.3 Å². The topological polar surface area (TPSA) is 82.1 Å². The van der Waals surface area contributed by atoms with Gasteiger partial charge in [0.2, 0.25) is 11.8 Å². The van der Waals surface area contributed by atoms with Crippen LogP contribution in [0.3, 0.4) is 0 Å². The number of carbonyl (C=O) groups is 3. The number of ether oxygens (including phenoxy) is 3. The van der Waals surface area contributed by atoms with E-state index in [9.17, 15) is 14.4 Å². The molecule has 0 N–H and O–H groups in total. The number of likely N-dealkylation sites (tertiary alicyclic amines) is 1. The summed E-state index contributed by atoms with van der Waals surface area (Å²) in [6.45, 7) is 7.85. The zero-order chi connectivity index (χ0) is 18.5. The molecule has 7 heteroatoms. The van der Waals surface area contributed by atoms with Gasteiger partial charge in [-0.2, -0.15) is 0 Å². The van der Waals surface area contributed by atoms with Crippen LogP contribution in [-0.2, 0) is 28.6 Å². The maximum absolute atomic E-state index is 12.4. The number of hydrogen-bond donors (Lipinski definition) is 0. The smallest absolute Gasteiger partial charge is 0.306 e. The summed E-state index contributed by atoms with van der Waals surface area (Å²) in [5.74, 6) is -1.50. The molecule has 0 aromatic carbocycles. The Bertz CT molecular complexity index is 574. The highest BCUT2D eigenvalue weighted by Crippen LogP contribution is 2.50. The van der Waals surface area contributed by atoms with Crippen LogP contribution in [0.1, 0.15) is 40.5 Å². The van der Waals surface area contributed by atoms with Gasteiger partial charge in [0.25, 0.3) is 0 Å². The molecule has 0 radical (unpaired) electrons. The molecule has 7 nitrogen and oxygen atoms in total. The van der Waals surface area contributed by atoms with Gasteiger partial charge >= 0.3 is 5.97 Å². The van der Waals surface area contributed by atoms with Gasteiger partial charge in [0.1, 0.15) is 18.3 Å². The molecule has 6 atom stereocenters. The Morgan fingerprint density at radius 2 is 1.64 bits per heavy atom. The van der Waals surface area contributed by atoms with E-state index in [4.69, 9.17) is 14.2 Å². The number of nitrogens with zero attached hydrogens (tertiary/aromatic N) is 1. The Labute approximate surface area is 148 Å². The zero-order valence-corrected chi connectivity index (χ0v) is 15.4. The van der Waals surface area contributed by atoms with Crippen molar-refractivity contribution in [3.8, 4) is 0 Å². The summed E-state index contributed by atoms with van der Waals surface area (Å²) in [5.41, 5.74) is 0. The molecule has 2 bridgehead atoms. The quantitative estimate of drug-likeness (QED) is 0.526. The van der Waals surface area contributed by atoms with Gasteiger partial charge in [-0.05, 0) is 26.2 Å².